The highest BCUT2D eigenvalue weighted by Gasteiger charge is 2.38. The first kappa shape index (κ1) is 22.0. The van der Waals surface area contributed by atoms with Gasteiger partial charge in [0.05, 0.1) is 11.0 Å². The second-order valence-corrected chi connectivity index (χ2v) is 10.7. The van der Waals surface area contributed by atoms with Gasteiger partial charge >= 0.3 is 0 Å². The molecule has 1 atom stereocenters. The Hall–Kier alpha value is -1.74. The third-order valence-electron chi connectivity index (χ3n) is 5.51. The maximum atomic E-state index is 13.0. The third-order valence-corrected chi connectivity index (χ3v) is 8.57. The van der Waals surface area contributed by atoms with Crippen LogP contribution in [0.1, 0.15) is 61.0 Å². The second-order valence-electron chi connectivity index (χ2n) is 7.85. The SMILES string of the molecule is CC(=O)Nc1ccc(S(=O)(=O)NCC2(c3ccc(C(C)O)s3)CCCC2)c(C)c1. The number of hydrogen-bond acceptors (Lipinski definition) is 5. The van der Waals surface area contributed by atoms with Crippen LogP contribution in [0.15, 0.2) is 35.2 Å². The molecule has 1 amide bonds. The summed E-state index contributed by atoms with van der Waals surface area (Å²) in [7, 11) is -3.69. The second kappa shape index (κ2) is 8.55. The smallest absolute Gasteiger partial charge is 0.240 e. The van der Waals surface area contributed by atoms with Crippen LogP contribution < -0.4 is 10.0 Å². The molecule has 1 aliphatic rings. The molecular weight excluding hydrogens is 408 g/mol. The molecule has 1 heterocycles. The lowest BCUT2D eigenvalue weighted by molar-refractivity contribution is -0.114. The van der Waals surface area contributed by atoms with E-state index in [-0.39, 0.29) is 16.2 Å². The number of carbonyl (C=O) groups excluding carboxylic acids is 1. The van der Waals surface area contributed by atoms with Gasteiger partial charge in [-0.2, -0.15) is 0 Å². The fourth-order valence-electron chi connectivity index (χ4n) is 3.97. The number of hydrogen-bond donors (Lipinski definition) is 3. The lowest BCUT2D eigenvalue weighted by Gasteiger charge is -2.28. The number of nitrogens with one attached hydrogen (secondary N) is 2. The summed E-state index contributed by atoms with van der Waals surface area (Å²) in [5.74, 6) is -0.200. The van der Waals surface area contributed by atoms with Crippen LogP contribution in [-0.2, 0) is 20.2 Å². The van der Waals surface area contributed by atoms with E-state index < -0.39 is 16.1 Å². The summed E-state index contributed by atoms with van der Waals surface area (Å²) in [5.41, 5.74) is 0.928. The Morgan fingerprint density at radius 2 is 1.93 bits per heavy atom. The van der Waals surface area contributed by atoms with Crippen LogP contribution in [0.2, 0.25) is 0 Å². The first-order valence-corrected chi connectivity index (χ1v) is 12.1. The fourth-order valence-corrected chi connectivity index (χ4v) is 6.51. The number of rotatable bonds is 7. The van der Waals surface area contributed by atoms with Crippen LogP contribution in [0.3, 0.4) is 0 Å². The van der Waals surface area contributed by atoms with E-state index in [0.717, 1.165) is 35.4 Å². The van der Waals surface area contributed by atoms with Crippen molar-refractivity contribution in [3.63, 3.8) is 0 Å². The van der Waals surface area contributed by atoms with Gasteiger partial charge in [-0.15, -0.1) is 11.3 Å². The van der Waals surface area contributed by atoms with Gasteiger partial charge in [0.1, 0.15) is 0 Å². The van der Waals surface area contributed by atoms with Crippen molar-refractivity contribution in [1.29, 1.82) is 0 Å². The first-order chi connectivity index (χ1) is 13.6. The van der Waals surface area contributed by atoms with Gasteiger partial charge in [0.15, 0.2) is 0 Å². The quantitative estimate of drug-likeness (QED) is 0.614. The molecule has 0 spiro atoms. The van der Waals surface area contributed by atoms with Crippen molar-refractivity contribution in [2.24, 2.45) is 0 Å². The lowest BCUT2D eigenvalue weighted by Crippen LogP contribution is -2.38. The zero-order valence-corrected chi connectivity index (χ0v) is 18.6. The van der Waals surface area contributed by atoms with Crippen LogP contribution in [-0.4, -0.2) is 26.0 Å². The van der Waals surface area contributed by atoms with E-state index in [1.165, 1.54) is 13.0 Å². The summed E-state index contributed by atoms with van der Waals surface area (Å²) in [4.78, 5) is 13.5. The molecule has 0 aliphatic heterocycles. The first-order valence-electron chi connectivity index (χ1n) is 9.79. The Bertz CT molecular complexity index is 990. The van der Waals surface area contributed by atoms with Crippen molar-refractivity contribution in [3.05, 3.63) is 45.6 Å². The van der Waals surface area contributed by atoms with E-state index in [2.05, 4.69) is 10.0 Å². The van der Waals surface area contributed by atoms with Crippen molar-refractivity contribution >= 4 is 33.0 Å². The summed E-state index contributed by atoms with van der Waals surface area (Å²) in [6, 6.07) is 8.75. The number of carbonyl (C=O) groups is 1. The molecule has 0 radical (unpaired) electrons. The number of aliphatic hydroxyl groups is 1. The van der Waals surface area contributed by atoms with Crippen molar-refractivity contribution in [3.8, 4) is 0 Å². The molecule has 1 aromatic carbocycles. The van der Waals surface area contributed by atoms with Gasteiger partial charge in [-0.05, 0) is 62.6 Å². The molecule has 6 nitrogen and oxygen atoms in total. The number of sulfonamides is 1. The molecule has 0 saturated heterocycles. The summed E-state index contributed by atoms with van der Waals surface area (Å²) < 4.78 is 28.8. The Kier molecular flexibility index (Phi) is 6.48. The highest BCUT2D eigenvalue weighted by atomic mass is 32.2. The van der Waals surface area contributed by atoms with Crippen LogP contribution in [0, 0.1) is 6.92 Å². The minimum atomic E-state index is -3.69. The summed E-state index contributed by atoms with van der Waals surface area (Å²) in [5, 5.41) is 12.5. The number of aliphatic hydroxyl groups excluding tert-OH is 1. The van der Waals surface area contributed by atoms with Crippen molar-refractivity contribution < 1.29 is 18.3 Å². The minimum Gasteiger partial charge on any atom is -0.388 e. The minimum absolute atomic E-state index is 0.200. The molecule has 3 N–H and O–H groups in total. The van der Waals surface area contributed by atoms with Gasteiger partial charge in [0.25, 0.3) is 0 Å². The Morgan fingerprint density at radius 1 is 1.24 bits per heavy atom. The Morgan fingerprint density at radius 3 is 2.48 bits per heavy atom. The van der Waals surface area contributed by atoms with Crippen molar-refractivity contribution in [2.75, 3.05) is 11.9 Å². The van der Waals surface area contributed by atoms with Gasteiger partial charge in [0.2, 0.25) is 15.9 Å². The normalized spacial score (nSPS) is 17.2. The van der Waals surface area contributed by atoms with Gasteiger partial charge < -0.3 is 10.4 Å². The van der Waals surface area contributed by atoms with Gasteiger partial charge in [-0.1, -0.05) is 12.8 Å². The van der Waals surface area contributed by atoms with Crippen LogP contribution in [0.25, 0.3) is 0 Å². The number of anilines is 1. The molecule has 158 valence electrons. The molecule has 2 aromatic rings. The number of thiophene rings is 1. The molecule has 1 saturated carbocycles. The molecule has 1 aliphatic carbocycles. The summed E-state index contributed by atoms with van der Waals surface area (Å²) in [6.45, 7) is 5.21. The van der Waals surface area contributed by atoms with E-state index in [1.807, 2.05) is 12.1 Å². The van der Waals surface area contributed by atoms with E-state index in [0.29, 0.717) is 17.8 Å². The molecule has 29 heavy (non-hydrogen) atoms. The molecule has 1 aromatic heterocycles. The standard InChI is InChI=1S/C21H28N2O4S2/c1-14-12-17(23-16(3)25)6-8-19(14)29(26,27)22-13-21(10-4-5-11-21)20-9-7-18(28-20)15(2)24/h6-9,12,15,22,24H,4-5,10-11,13H2,1-3H3,(H,23,25). The molecule has 8 heteroatoms. The largest absolute Gasteiger partial charge is 0.388 e. The molecule has 1 unspecified atom stereocenters. The van der Waals surface area contributed by atoms with E-state index >= 15 is 0 Å². The Labute approximate surface area is 176 Å². The van der Waals surface area contributed by atoms with Crippen LogP contribution in [0.4, 0.5) is 5.69 Å². The van der Waals surface area contributed by atoms with Crippen molar-refractivity contribution in [2.45, 2.75) is 62.9 Å². The zero-order chi connectivity index (χ0) is 21.2. The highest BCUT2D eigenvalue weighted by Crippen LogP contribution is 2.44. The van der Waals surface area contributed by atoms with Crippen LogP contribution >= 0.6 is 11.3 Å². The molecule has 3 rings (SSSR count). The zero-order valence-electron chi connectivity index (χ0n) is 17.0. The summed E-state index contributed by atoms with van der Waals surface area (Å²) >= 11 is 1.57. The fraction of sp³-hybridized carbons (Fsp3) is 0.476. The Balaban J connectivity index is 1.81. The average Bonchev–Trinajstić information content (AvgIpc) is 3.30. The van der Waals surface area contributed by atoms with Gasteiger partial charge in [-0.3, -0.25) is 4.79 Å². The maximum Gasteiger partial charge on any atom is 0.240 e. The predicted molar refractivity (Wildman–Crippen MR) is 116 cm³/mol. The van der Waals surface area contributed by atoms with E-state index in [1.54, 1.807) is 37.3 Å². The monoisotopic (exact) mass is 436 g/mol. The number of benzene rings is 1. The van der Waals surface area contributed by atoms with Gasteiger partial charge in [-0.25, -0.2) is 13.1 Å². The average molecular weight is 437 g/mol. The molecule has 0 bridgehead atoms. The van der Waals surface area contributed by atoms with Crippen LogP contribution in [0.5, 0.6) is 0 Å². The molecule has 1 fully saturated rings. The number of aryl methyl sites for hydroxylation is 1. The number of amides is 1. The summed E-state index contributed by atoms with van der Waals surface area (Å²) in [6.07, 6.45) is 3.46. The third kappa shape index (κ3) is 4.88. The predicted octanol–water partition coefficient (Wildman–Crippen LogP) is 3.86. The van der Waals surface area contributed by atoms with Crippen molar-refractivity contribution in [1.82, 2.24) is 4.72 Å². The van der Waals surface area contributed by atoms with E-state index in [9.17, 15) is 18.3 Å². The van der Waals surface area contributed by atoms with E-state index in [4.69, 9.17) is 0 Å². The van der Waals surface area contributed by atoms with Gasteiger partial charge in [0, 0.05) is 34.3 Å². The molecular formula is C21H28N2O4S2. The topological polar surface area (TPSA) is 95.5 Å². The lowest BCUT2D eigenvalue weighted by atomic mass is 9.85. The maximum absolute atomic E-state index is 13.0. The highest BCUT2D eigenvalue weighted by molar-refractivity contribution is 7.89.